The second-order valence-electron chi connectivity index (χ2n) is 3.56. The first-order valence-electron chi connectivity index (χ1n) is 5.25. The number of carboxylic acid groups (broad SMARTS) is 4. The second kappa shape index (κ2) is 14.7. The van der Waals surface area contributed by atoms with E-state index in [1.54, 1.807) is 0 Å². The number of carboxylic acids is 4. The van der Waals surface area contributed by atoms with Crippen LogP contribution >= 0.6 is 0 Å². The maximum Gasteiger partial charge on any atom is 1.00 e. The molecule has 150 valence electrons. The third-order valence-corrected chi connectivity index (χ3v) is 1.61. The Kier molecular flexibility index (Phi) is 18.3. The molecule has 16 nitrogen and oxygen atoms in total. The minimum Gasteiger partial charge on any atom is -1.00 e. The summed E-state index contributed by atoms with van der Waals surface area (Å²) < 4.78 is 32.8. The molecule has 0 radical (unpaired) electrons. The molecule has 4 unspecified atom stereocenters. The van der Waals surface area contributed by atoms with E-state index in [2.05, 4.69) is 0 Å². The van der Waals surface area contributed by atoms with Crippen molar-refractivity contribution in [3.63, 3.8) is 0 Å². The monoisotopic (exact) mass is 422 g/mol. The van der Waals surface area contributed by atoms with Crippen LogP contribution in [-0.2, 0) is 29.6 Å². The molecule has 0 rings (SSSR count). The molecule has 0 aromatic rings. The molecule has 0 bridgehead atoms. The normalized spacial score (nSPS) is 14.4. The van der Waals surface area contributed by atoms with Crippen LogP contribution in [0, 0.1) is 0 Å². The van der Waals surface area contributed by atoms with Crippen LogP contribution in [0.5, 0.6) is 0 Å². The SMILES string of the molecule is O=C(O)C(O)C(O)C(=O)O.O=C(O)C(O)C(O)C(=O)O.O=S(=O)([O-])O.[H+].[H-].[Na+]. The standard InChI is InChI=1S/2C4H6O6.Na.H2O4S.H/c2*5-1(3(7)8)2(6)4(9)10;;1-5(2,3)4;/h2*1-2,5-6H,(H,7,8)(H,9,10);;(H2,1,2,3,4);/q;;+1;;-1. The van der Waals surface area contributed by atoms with E-state index in [9.17, 15) is 19.2 Å². The number of hydrogen-bond donors (Lipinski definition) is 9. The molecule has 0 saturated carbocycles. The summed E-state index contributed by atoms with van der Waals surface area (Å²) in [6.45, 7) is 0. The molecule has 0 heterocycles. The fourth-order valence-electron chi connectivity index (χ4n) is 0.540. The maximum atomic E-state index is 9.77. The minimum absolute atomic E-state index is 0. The van der Waals surface area contributed by atoms with Crippen LogP contribution in [0.3, 0.4) is 0 Å². The minimum atomic E-state index is -4.92. The smallest absolute Gasteiger partial charge is 1.00 e. The Hall–Kier alpha value is -1.41. The van der Waals surface area contributed by atoms with Crippen LogP contribution < -0.4 is 29.6 Å². The van der Waals surface area contributed by atoms with Crippen molar-refractivity contribution < 1.29 is 110 Å². The van der Waals surface area contributed by atoms with Crippen molar-refractivity contribution in [2.75, 3.05) is 0 Å². The molecule has 0 amide bonds. The molecule has 4 atom stereocenters. The quantitative estimate of drug-likeness (QED) is 0.109. The van der Waals surface area contributed by atoms with Crippen LogP contribution in [0.25, 0.3) is 0 Å². The second-order valence-corrected chi connectivity index (χ2v) is 4.42. The van der Waals surface area contributed by atoms with Crippen LogP contribution in [0.15, 0.2) is 0 Å². The molecule has 0 aliphatic carbocycles. The fourth-order valence-corrected chi connectivity index (χ4v) is 0.540. The van der Waals surface area contributed by atoms with Crippen LogP contribution in [-0.4, -0.2) is 107 Å². The van der Waals surface area contributed by atoms with Crippen molar-refractivity contribution >= 4 is 34.3 Å². The van der Waals surface area contributed by atoms with Gasteiger partial charge in [-0.1, -0.05) is 0 Å². The number of aliphatic carboxylic acids is 4. The Morgan fingerprint density at radius 3 is 0.808 bits per heavy atom. The number of carbonyl (C=O) groups is 4. The average Bonchev–Trinajstić information content (AvgIpc) is 2.42. The van der Waals surface area contributed by atoms with Gasteiger partial charge in [0.1, 0.15) is 0 Å². The molecular formula is C8H15NaO16S. The molecule has 0 spiro atoms. The zero-order chi connectivity index (χ0) is 21.1. The summed E-state index contributed by atoms with van der Waals surface area (Å²) >= 11 is 0. The Bertz CT molecular complexity index is 501. The van der Waals surface area contributed by atoms with Gasteiger partial charge in [0.05, 0.1) is 0 Å². The first-order chi connectivity index (χ1) is 10.9. The number of aliphatic hydroxyl groups excluding tert-OH is 4. The van der Waals surface area contributed by atoms with E-state index in [-0.39, 0.29) is 32.4 Å². The Morgan fingerprint density at radius 2 is 0.769 bits per heavy atom. The summed E-state index contributed by atoms with van der Waals surface area (Å²) in [7, 11) is -4.92. The van der Waals surface area contributed by atoms with Gasteiger partial charge in [-0.15, -0.1) is 0 Å². The van der Waals surface area contributed by atoms with Crippen LogP contribution in [0.1, 0.15) is 2.85 Å². The maximum absolute atomic E-state index is 9.77. The Balaban J connectivity index is -0.0000000646. The van der Waals surface area contributed by atoms with E-state index >= 15 is 0 Å². The summed E-state index contributed by atoms with van der Waals surface area (Å²) in [6.07, 6.45) is -9.06. The van der Waals surface area contributed by atoms with Crippen molar-refractivity contribution in [3.05, 3.63) is 0 Å². The summed E-state index contributed by atoms with van der Waals surface area (Å²) in [5.41, 5.74) is 0. The van der Waals surface area contributed by atoms with Gasteiger partial charge in [0.25, 0.3) is 0 Å². The van der Waals surface area contributed by atoms with Gasteiger partial charge in [-0.3, -0.25) is 4.55 Å². The van der Waals surface area contributed by atoms with E-state index in [4.69, 9.17) is 58.4 Å². The van der Waals surface area contributed by atoms with Gasteiger partial charge in [-0.2, -0.15) is 0 Å². The van der Waals surface area contributed by atoms with E-state index < -0.39 is 58.7 Å². The van der Waals surface area contributed by atoms with Crippen molar-refractivity contribution in [2.45, 2.75) is 24.4 Å². The molecule has 18 heteroatoms. The van der Waals surface area contributed by atoms with Gasteiger partial charge in [-0.25, -0.2) is 27.6 Å². The molecule has 26 heavy (non-hydrogen) atoms. The van der Waals surface area contributed by atoms with Crippen molar-refractivity contribution in [1.82, 2.24) is 0 Å². The molecule has 0 aromatic heterocycles. The molecular weight excluding hydrogens is 407 g/mol. The Labute approximate surface area is 168 Å². The predicted molar refractivity (Wildman–Crippen MR) is 69.1 cm³/mol. The van der Waals surface area contributed by atoms with E-state index in [0.29, 0.717) is 0 Å². The van der Waals surface area contributed by atoms with Crippen molar-refractivity contribution in [1.29, 1.82) is 0 Å². The average molecular weight is 422 g/mol. The summed E-state index contributed by atoms with van der Waals surface area (Å²) in [5.74, 6) is -7.07. The summed E-state index contributed by atoms with van der Waals surface area (Å²) in [5, 5.41) is 65.1. The first kappa shape index (κ1) is 32.3. The summed E-state index contributed by atoms with van der Waals surface area (Å²) in [4.78, 5) is 39.1. The van der Waals surface area contributed by atoms with Crippen LogP contribution in [0.4, 0.5) is 0 Å². The van der Waals surface area contributed by atoms with Crippen LogP contribution in [0.2, 0.25) is 0 Å². The van der Waals surface area contributed by atoms with Gasteiger partial charge >= 0.3 is 54.9 Å². The molecule has 0 aliphatic rings. The molecule has 0 aromatic carbocycles. The van der Waals surface area contributed by atoms with E-state index in [1.165, 1.54) is 0 Å². The van der Waals surface area contributed by atoms with E-state index in [1.807, 2.05) is 0 Å². The van der Waals surface area contributed by atoms with Crippen molar-refractivity contribution in [3.8, 4) is 0 Å². The van der Waals surface area contributed by atoms with Gasteiger partial charge < -0.3 is 46.8 Å². The predicted octanol–water partition coefficient (Wildman–Crippen LogP) is -8.01. The third kappa shape index (κ3) is 20.6. The fraction of sp³-hybridized carbons (Fsp3) is 0.500. The number of hydrogen-bond acceptors (Lipinski definition) is 11. The largest absolute Gasteiger partial charge is 1.00 e. The molecule has 0 saturated heterocycles. The van der Waals surface area contributed by atoms with E-state index in [0.717, 1.165) is 0 Å². The third-order valence-electron chi connectivity index (χ3n) is 1.61. The van der Waals surface area contributed by atoms with Gasteiger partial charge in [-0.05, 0) is 0 Å². The number of rotatable bonds is 6. The van der Waals surface area contributed by atoms with Gasteiger partial charge in [0.15, 0.2) is 24.4 Å². The Morgan fingerprint density at radius 1 is 0.692 bits per heavy atom. The first-order valence-corrected chi connectivity index (χ1v) is 6.61. The number of aliphatic hydroxyl groups is 4. The topological polar surface area (TPSA) is 308 Å². The molecule has 0 fully saturated rings. The van der Waals surface area contributed by atoms with Gasteiger partial charge in [0.2, 0.25) is 10.4 Å². The summed E-state index contributed by atoms with van der Waals surface area (Å²) in [6, 6.07) is 0. The zero-order valence-corrected chi connectivity index (χ0v) is 15.4. The zero-order valence-electron chi connectivity index (χ0n) is 14.6. The molecule has 0 aliphatic heterocycles. The van der Waals surface area contributed by atoms with Crippen molar-refractivity contribution in [2.24, 2.45) is 0 Å². The molecule has 9 N–H and O–H groups in total. The van der Waals surface area contributed by atoms with Gasteiger partial charge in [0, 0.05) is 0 Å².